The molecule has 0 spiro atoms. The lowest BCUT2D eigenvalue weighted by atomic mass is 9.79. The first-order valence-corrected chi connectivity index (χ1v) is 6.00. The summed E-state index contributed by atoms with van der Waals surface area (Å²) in [5.74, 6) is 1.58. The van der Waals surface area contributed by atoms with E-state index < -0.39 is 0 Å². The number of hydrogen-bond donors (Lipinski definition) is 1. The first-order chi connectivity index (χ1) is 7.75. The normalized spacial score (nSPS) is 18.6. The lowest BCUT2D eigenvalue weighted by molar-refractivity contribution is 0.244. The van der Waals surface area contributed by atoms with Crippen LogP contribution in [0.4, 0.5) is 0 Å². The molecule has 2 aromatic rings. The highest BCUT2D eigenvalue weighted by molar-refractivity contribution is 5.81. The Morgan fingerprint density at radius 3 is 2.81 bits per heavy atom. The van der Waals surface area contributed by atoms with Gasteiger partial charge in [-0.3, -0.25) is 0 Å². The number of aryl methyl sites for hydroxylation is 1. The van der Waals surface area contributed by atoms with Crippen LogP contribution in [0.1, 0.15) is 36.6 Å². The standard InChI is InChI=1S/C14H17NO/c1-9-4-2-7-11-8-12(16-14(9)11)13(15)10-5-3-6-10/h2,4,7-8,10,13H,3,5-6,15H2,1H3. The second kappa shape index (κ2) is 3.63. The van der Waals surface area contributed by atoms with Crippen LogP contribution in [0.5, 0.6) is 0 Å². The van der Waals surface area contributed by atoms with Crippen molar-refractivity contribution in [1.82, 2.24) is 0 Å². The molecular weight excluding hydrogens is 198 g/mol. The lowest BCUT2D eigenvalue weighted by Gasteiger charge is -2.29. The van der Waals surface area contributed by atoms with Crippen molar-refractivity contribution in [3.63, 3.8) is 0 Å². The van der Waals surface area contributed by atoms with E-state index in [2.05, 4.69) is 31.2 Å². The molecule has 3 rings (SSSR count). The molecule has 1 aliphatic rings. The van der Waals surface area contributed by atoms with E-state index in [4.69, 9.17) is 10.2 Å². The highest BCUT2D eigenvalue weighted by atomic mass is 16.3. The molecular formula is C14H17NO. The number of benzene rings is 1. The molecule has 0 aliphatic heterocycles. The topological polar surface area (TPSA) is 39.2 Å². The molecule has 2 N–H and O–H groups in total. The van der Waals surface area contributed by atoms with Gasteiger partial charge in [-0.2, -0.15) is 0 Å². The van der Waals surface area contributed by atoms with E-state index in [0.29, 0.717) is 5.92 Å². The summed E-state index contributed by atoms with van der Waals surface area (Å²) in [5, 5.41) is 1.17. The molecule has 1 heterocycles. The molecule has 84 valence electrons. The molecule has 1 saturated carbocycles. The van der Waals surface area contributed by atoms with Gasteiger partial charge in [-0.05, 0) is 37.3 Å². The number of hydrogen-bond acceptors (Lipinski definition) is 2. The van der Waals surface area contributed by atoms with Gasteiger partial charge in [0.15, 0.2) is 0 Å². The van der Waals surface area contributed by atoms with Gasteiger partial charge in [0, 0.05) is 5.39 Å². The van der Waals surface area contributed by atoms with Crippen LogP contribution in [-0.4, -0.2) is 0 Å². The number of furan rings is 1. The maximum atomic E-state index is 6.22. The highest BCUT2D eigenvalue weighted by Crippen LogP contribution is 2.38. The third kappa shape index (κ3) is 1.45. The van der Waals surface area contributed by atoms with Crippen molar-refractivity contribution in [2.45, 2.75) is 32.2 Å². The van der Waals surface area contributed by atoms with Crippen LogP contribution in [-0.2, 0) is 0 Å². The maximum absolute atomic E-state index is 6.22. The molecule has 1 aromatic carbocycles. The van der Waals surface area contributed by atoms with Crippen LogP contribution in [0, 0.1) is 12.8 Å². The Bertz CT molecular complexity index is 510. The van der Waals surface area contributed by atoms with Gasteiger partial charge in [0.1, 0.15) is 11.3 Å². The Balaban J connectivity index is 2.01. The molecule has 0 bridgehead atoms. The largest absolute Gasteiger partial charge is 0.459 e. The van der Waals surface area contributed by atoms with Gasteiger partial charge in [0.25, 0.3) is 0 Å². The van der Waals surface area contributed by atoms with Gasteiger partial charge in [-0.25, -0.2) is 0 Å². The Morgan fingerprint density at radius 2 is 2.19 bits per heavy atom. The minimum absolute atomic E-state index is 0.0838. The molecule has 1 fully saturated rings. The number of rotatable bonds is 2. The molecule has 1 aromatic heterocycles. The third-order valence-electron chi connectivity index (χ3n) is 3.75. The maximum Gasteiger partial charge on any atom is 0.137 e. The van der Waals surface area contributed by atoms with Crippen molar-refractivity contribution in [2.75, 3.05) is 0 Å². The van der Waals surface area contributed by atoms with E-state index in [1.54, 1.807) is 0 Å². The van der Waals surface area contributed by atoms with Gasteiger partial charge in [0.05, 0.1) is 6.04 Å². The summed E-state index contributed by atoms with van der Waals surface area (Å²) in [7, 11) is 0. The van der Waals surface area contributed by atoms with Crippen molar-refractivity contribution >= 4 is 11.0 Å². The molecule has 2 heteroatoms. The molecule has 0 saturated heterocycles. The van der Waals surface area contributed by atoms with Crippen molar-refractivity contribution < 1.29 is 4.42 Å². The molecule has 0 radical (unpaired) electrons. The summed E-state index contributed by atoms with van der Waals surface area (Å²) in [6.07, 6.45) is 3.81. The Hall–Kier alpha value is -1.28. The number of fused-ring (bicyclic) bond motifs is 1. The van der Waals surface area contributed by atoms with Crippen LogP contribution in [0.3, 0.4) is 0 Å². The monoisotopic (exact) mass is 215 g/mol. The molecule has 0 amide bonds. The van der Waals surface area contributed by atoms with E-state index in [0.717, 1.165) is 11.3 Å². The van der Waals surface area contributed by atoms with Crippen LogP contribution in [0.2, 0.25) is 0 Å². The van der Waals surface area contributed by atoms with E-state index in [9.17, 15) is 0 Å². The van der Waals surface area contributed by atoms with Crippen molar-refractivity contribution in [2.24, 2.45) is 11.7 Å². The number of nitrogens with two attached hydrogens (primary N) is 1. The zero-order valence-electron chi connectivity index (χ0n) is 9.57. The first-order valence-electron chi connectivity index (χ1n) is 6.00. The fourth-order valence-electron chi connectivity index (χ4n) is 2.42. The average molecular weight is 215 g/mol. The van der Waals surface area contributed by atoms with Crippen molar-refractivity contribution in [1.29, 1.82) is 0 Å². The van der Waals surface area contributed by atoms with Crippen LogP contribution in [0.15, 0.2) is 28.7 Å². The minimum Gasteiger partial charge on any atom is -0.459 e. The molecule has 2 nitrogen and oxygen atoms in total. The molecule has 16 heavy (non-hydrogen) atoms. The molecule has 1 unspecified atom stereocenters. The first kappa shape index (κ1) is 9.91. The summed E-state index contributed by atoms with van der Waals surface area (Å²) >= 11 is 0. The quantitative estimate of drug-likeness (QED) is 0.832. The lowest BCUT2D eigenvalue weighted by Crippen LogP contribution is -2.26. The van der Waals surface area contributed by atoms with Crippen LogP contribution < -0.4 is 5.73 Å². The summed E-state index contributed by atoms with van der Waals surface area (Å²) in [5.41, 5.74) is 8.40. The van der Waals surface area contributed by atoms with E-state index in [1.165, 1.54) is 30.2 Å². The van der Waals surface area contributed by atoms with Crippen LogP contribution in [0.25, 0.3) is 11.0 Å². The number of para-hydroxylation sites is 1. The molecule has 1 aliphatic carbocycles. The Morgan fingerprint density at radius 1 is 1.38 bits per heavy atom. The highest BCUT2D eigenvalue weighted by Gasteiger charge is 2.27. The van der Waals surface area contributed by atoms with E-state index >= 15 is 0 Å². The summed E-state index contributed by atoms with van der Waals surface area (Å²) in [6.45, 7) is 2.07. The van der Waals surface area contributed by atoms with Gasteiger partial charge in [-0.15, -0.1) is 0 Å². The predicted molar refractivity (Wildman–Crippen MR) is 65.2 cm³/mol. The summed E-state index contributed by atoms with van der Waals surface area (Å²) < 4.78 is 5.89. The summed E-state index contributed by atoms with van der Waals surface area (Å²) in [4.78, 5) is 0. The average Bonchev–Trinajstić information content (AvgIpc) is 2.60. The van der Waals surface area contributed by atoms with Gasteiger partial charge in [-0.1, -0.05) is 24.6 Å². The van der Waals surface area contributed by atoms with E-state index in [1.807, 2.05) is 0 Å². The van der Waals surface area contributed by atoms with Gasteiger partial charge < -0.3 is 10.2 Å². The smallest absolute Gasteiger partial charge is 0.137 e. The van der Waals surface area contributed by atoms with Gasteiger partial charge in [0.2, 0.25) is 0 Å². The SMILES string of the molecule is Cc1cccc2cc(C(N)C3CCC3)oc12. The Labute approximate surface area is 95.4 Å². The fraction of sp³-hybridized carbons (Fsp3) is 0.429. The predicted octanol–water partition coefficient (Wildman–Crippen LogP) is 3.54. The minimum atomic E-state index is 0.0838. The third-order valence-corrected chi connectivity index (χ3v) is 3.75. The molecule has 1 atom stereocenters. The van der Waals surface area contributed by atoms with Crippen LogP contribution >= 0.6 is 0 Å². The van der Waals surface area contributed by atoms with E-state index in [-0.39, 0.29) is 6.04 Å². The fourth-order valence-corrected chi connectivity index (χ4v) is 2.42. The van der Waals surface area contributed by atoms with Crippen molar-refractivity contribution in [3.05, 3.63) is 35.6 Å². The Kier molecular flexibility index (Phi) is 2.25. The van der Waals surface area contributed by atoms with Crippen molar-refractivity contribution in [3.8, 4) is 0 Å². The second-order valence-electron chi connectivity index (χ2n) is 4.86. The second-order valence-corrected chi connectivity index (χ2v) is 4.86. The van der Waals surface area contributed by atoms with Gasteiger partial charge >= 0.3 is 0 Å². The summed E-state index contributed by atoms with van der Waals surface area (Å²) in [6, 6.07) is 8.41. The zero-order chi connectivity index (χ0) is 11.1. The zero-order valence-corrected chi connectivity index (χ0v) is 9.57.